The Kier molecular flexibility index (Phi) is 6.87. The van der Waals surface area contributed by atoms with E-state index in [2.05, 4.69) is 60.5 Å². The molecule has 1 atom stereocenters. The van der Waals surface area contributed by atoms with Crippen molar-refractivity contribution in [2.75, 3.05) is 0 Å². The van der Waals surface area contributed by atoms with Crippen molar-refractivity contribution in [2.24, 2.45) is 5.73 Å². The Balaban J connectivity index is 2.12. The van der Waals surface area contributed by atoms with Gasteiger partial charge in [0.25, 0.3) is 0 Å². The molecule has 3 N–H and O–H groups in total. The third-order valence-electron chi connectivity index (χ3n) is 3.10. The molecular formula is C16H14Br2INO3. The van der Waals surface area contributed by atoms with Gasteiger partial charge in [-0.05, 0) is 96.3 Å². The molecule has 0 aromatic heterocycles. The van der Waals surface area contributed by atoms with E-state index in [0.29, 0.717) is 12.4 Å². The minimum Gasteiger partial charge on any atom is -0.487 e. The maximum atomic E-state index is 10.9. The summed E-state index contributed by atoms with van der Waals surface area (Å²) in [6.07, 6.45) is 0.254. The van der Waals surface area contributed by atoms with Crippen molar-refractivity contribution in [2.45, 2.75) is 19.1 Å². The molecule has 0 amide bonds. The van der Waals surface area contributed by atoms with Crippen molar-refractivity contribution in [1.29, 1.82) is 0 Å². The van der Waals surface area contributed by atoms with Crippen LogP contribution in [-0.4, -0.2) is 17.1 Å². The highest BCUT2D eigenvalue weighted by Gasteiger charge is 2.15. The SMILES string of the molecule is NC(Cc1cc(Br)c(OCc2cccc(I)c2)c(Br)c1)C(=O)O. The van der Waals surface area contributed by atoms with Crippen LogP contribution in [0.25, 0.3) is 0 Å². The second-order valence-electron chi connectivity index (χ2n) is 4.96. The average Bonchev–Trinajstić information content (AvgIpc) is 2.46. The Morgan fingerprint density at radius 1 is 1.22 bits per heavy atom. The molecule has 23 heavy (non-hydrogen) atoms. The molecular weight excluding hydrogens is 541 g/mol. The predicted octanol–water partition coefficient (Wildman–Crippen LogP) is 4.35. The highest BCUT2D eigenvalue weighted by Crippen LogP contribution is 2.35. The van der Waals surface area contributed by atoms with Gasteiger partial charge in [-0.3, -0.25) is 4.79 Å². The van der Waals surface area contributed by atoms with Gasteiger partial charge in [-0.25, -0.2) is 0 Å². The molecule has 0 saturated carbocycles. The summed E-state index contributed by atoms with van der Waals surface area (Å²) in [5.74, 6) is -0.340. The van der Waals surface area contributed by atoms with Crippen molar-refractivity contribution in [3.05, 3.63) is 60.0 Å². The van der Waals surface area contributed by atoms with Gasteiger partial charge in [0, 0.05) is 3.57 Å². The average molecular weight is 555 g/mol. The fraction of sp³-hybridized carbons (Fsp3) is 0.188. The molecule has 1 unspecified atom stereocenters. The van der Waals surface area contributed by atoms with Gasteiger partial charge >= 0.3 is 5.97 Å². The third-order valence-corrected chi connectivity index (χ3v) is 4.95. The second kappa shape index (κ2) is 8.46. The Bertz CT molecular complexity index is 701. The molecule has 122 valence electrons. The second-order valence-corrected chi connectivity index (χ2v) is 7.91. The van der Waals surface area contributed by atoms with Crippen molar-refractivity contribution >= 4 is 60.4 Å². The summed E-state index contributed by atoms with van der Waals surface area (Å²) in [5, 5.41) is 8.90. The number of carbonyl (C=O) groups is 1. The summed E-state index contributed by atoms with van der Waals surface area (Å²) in [6, 6.07) is 10.8. The number of nitrogens with two attached hydrogens (primary N) is 1. The van der Waals surface area contributed by atoms with Gasteiger partial charge in [0.1, 0.15) is 18.4 Å². The molecule has 0 radical (unpaired) electrons. The van der Waals surface area contributed by atoms with Crippen LogP contribution in [0.15, 0.2) is 45.3 Å². The van der Waals surface area contributed by atoms with E-state index in [1.807, 2.05) is 30.3 Å². The lowest BCUT2D eigenvalue weighted by atomic mass is 10.1. The minimum absolute atomic E-state index is 0.254. The lowest BCUT2D eigenvalue weighted by Gasteiger charge is -2.13. The first-order chi connectivity index (χ1) is 10.9. The minimum atomic E-state index is -1.02. The first kappa shape index (κ1) is 18.7. The number of carboxylic acid groups (broad SMARTS) is 1. The van der Waals surface area contributed by atoms with E-state index in [-0.39, 0.29) is 6.42 Å². The van der Waals surface area contributed by atoms with Crippen LogP contribution >= 0.6 is 54.5 Å². The largest absolute Gasteiger partial charge is 0.487 e. The first-order valence-corrected chi connectivity index (χ1v) is 9.37. The van der Waals surface area contributed by atoms with Crippen LogP contribution in [-0.2, 0) is 17.8 Å². The van der Waals surface area contributed by atoms with E-state index < -0.39 is 12.0 Å². The maximum Gasteiger partial charge on any atom is 0.320 e. The summed E-state index contributed by atoms with van der Waals surface area (Å²) in [6.45, 7) is 0.446. The molecule has 2 aromatic carbocycles. The number of halogens is 3. The van der Waals surface area contributed by atoms with Gasteiger partial charge < -0.3 is 15.6 Å². The summed E-state index contributed by atoms with van der Waals surface area (Å²) in [7, 11) is 0. The van der Waals surface area contributed by atoms with E-state index in [0.717, 1.165) is 23.6 Å². The van der Waals surface area contributed by atoms with Gasteiger partial charge in [0.15, 0.2) is 0 Å². The van der Waals surface area contributed by atoms with Crippen LogP contribution < -0.4 is 10.5 Å². The highest BCUT2D eigenvalue weighted by molar-refractivity contribution is 14.1. The van der Waals surface area contributed by atoms with Gasteiger partial charge in [0.2, 0.25) is 0 Å². The number of ether oxygens (including phenoxy) is 1. The molecule has 0 spiro atoms. The van der Waals surface area contributed by atoms with Crippen LogP contribution in [0.3, 0.4) is 0 Å². The highest BCUT2D eigenvalue weighted by atomic mass is 127. The normalized spacial score (nSPS) is 12.0. The monoisotopic (exact) mass is 553 g/mol. The molecule has 2 rings (SSSR count). The molecule has 0 bridgehead atoms. The Hall–Kier alpha value is -0.640. The third kappa shape index (κ3) is 5.44. The molecule has 0 aliphatic carbocycles. The van der Waals surface area contributed by atoms with Crippen LogP contribution in [0.5, 0.6) is 5.75 Å². The van der Waals surface area contributed by atoms with Crippen LogP contribution in [0.4, 0.5) is 0 Å². The van der Waals surface area contributed by atoms with Crippen LogP contribution in [0.1, 0.15) is 11.1 Å². The fourth-order valence-corrected chi connectivity index (χ4v) is 4.11. The number of aliphatic carboxylic acids is 1. The molecule has 0 saturated heterocycles. The zero-order chi connectivity index (χ0) is 17.0. The molecule has 0 fully saturated rings. The van der Waals surface area contributed by atoms with Gasteiger partial charge in [0.05, 0.1) is 8.95 Å². The molecule has 0 aliphatic rings. The van der Waals surface area contributed by atoms with Gasteiger partial charge in [-0.1, -0.05) is 12.1 Å². The Morgan fingerprint density at radius 2 is 1.87 bits per heavy atom. The van der Waals surface area contributed by atoms with Gasteiger partial charge in [-0.15, -0.1) is 0 Å². The molecule has 0 aliphatic heterocycles. The van der Waals surface area contributed by atoms with Gasteiger partial charge in [-0.2, -0.15) is 0 Å². The Labute approximate surface area is 164 Å². The maximum absolute atomic E-state index is 10.9. The summed E-state index contributed by atoms with van der Waals surface area (Å²) < 4.78 is 8.53. The van der Waals surface area contributed by atoms with Crippen molar-refractivity contribution in [3.63, 3.8) is 0 Å². The lowest BCUT2D eigenvalue weighted by molar-refractivity contribution is -0.138. The number of rotatable bonds is 6. The quantitative estimate of drug-likeness (QED) is 0.521. The zero-order valence-electron chi connectivity index (χ0n) is 11.9. The van der Waals surface area contributed by atoms with Crippen LogP contribution in [0, 0.1) is 3.57 Å². The summed E-state index contributed by atoms with van der Waals surface area (Å²) >= 11 is 9.20. The predicted molar refractivity (Wildman–Crippen MR) is 105 cm³/mol. The van der Waals surface area contributed by atoms with Crippen LogP contribution in [0.2, 0.25) is 0 Å². The molecule has 4 nitrogen and oxygen atoms in total. The smallest absolute Gasteiger partial charge is 0.320 e. The topological polar surface area (TPSA) is 72.5 Å². The number of hydrogen-bond donors (Lipinski definition) is 2. The number of carboxylic acids is 1. The van der Waals surface area contributed by atoms with Crippen molar-refractivity contribution < 1.29 is 14.6 Å². The number of benzene rings is 2. The lowest BCUT2D eigenvalue weighted by Crippen LogP contribution is -2.32. The fourth-order valence-electron chi connectivity index (χ4n) is 1.99. The summed E-state index contributed by atoms with van der Waals surface area (Å²) in [5.41, 5.74) is 7.47. The number of hydrogen-bond acceptors (Lipinski definition) is 3. The van der Waals surface area contributed by atoms with Crippen molar-refractivity contribution in [3.8, 4) is 5.75 Å². The van der Waals surface area contributed by atoms with E-state index >= 15 is 0 Å². The molecule has 7 heteroatoms. The Morgan fingerprint density at radius 3 is 2.43 bits per heavy atom. The van der Waals surface area contributed by atoms with E-state index in [4.69, 9.17) is 15.6 Å². The van der Waals surface area contributed by atoms with E-state index in [1.165, 1.54) is 0 Å². The van der Waals surface area contributed by atoms with Crippen molar-refractivity contribution in [1.82, 2.24) is 0 Å². The van der Waals surface area contributed by atoms with E-state index in [9.17, 15) is 4.79 Å². The molecule has 2 aromatic rings. The standard InChI is InChI=1S/C16H14Br2INO3/c17-12-5-10(7-14(20)16(21)22)6-13(18)15(12)23-8-9-2-1-3-11(19)4-9/h1-6,14H,7-8,20H2,(H,21,22). The first-order valence-electron chi connectivity index (χ1n) is 6.70. The zero-order valence-corrected chi connectivity index (χ0v) is 17.3. The molecule has 0 heterocycles. The van der Waals surface area contributed by atoms with E-state index in [1.54, 1.807) is 0 Å². The summed E-state index contributed by atoms with van der Waals surface area (Å²) in [4.78, 5) is 10.9.